The van der Waals surface area contributed by atoms with E-state index in [0.717, 1.165) is 24.0 Å². The number of ether oxygens (including phenoxy) is 1. The molecule has 0 fully saturated rings. The Morgan fingerprint density at radius 1 is 0.892 bits per heavy atom. The number of hydrogen-bond acceptors (Lipinski definition) is 3. The molecule has 0 bridgehead atoms. The topological polar surface area (TPSA) is 58.6 Å². The van der Waals surface area contributed by atoms with Crippen LogP contribution >= 0.6 is 23.2 Å². The number of aryl methyl sites for hydroxylation is 1. The quantitative estimate of drug-likeness (QED) is 0.285. The van der Waals surface area contributed by atoms with E-state index in [9.17, 15) is 9.59 Å². The lowest BCUT2D eigenvalue weighted by Crippen LogP contribution is -2.53. The van der Waals surface area contributed by atoms with E-state index >= 15 is 0 Å². The van der Waals surface area contributed by atoms with Gasteiger partial charge in [0.2, 0.25) is 5.91 Å². The summed E-state index contributed by atoms with van der Waals surface area (Å²) in [4.78, 5) is 28.7. The molecule has 0 spiro atoms. The Morgan fingerprint density at radius 3 is 2.19 bits per heavy atom. The summed E-state index contributed by atoms with van der Waals surface area (Å²) in [5.74, 6) is 0.0912. The zero-order chi connectivity index (χ0) is 26.8. The van der Waals surface area contributed by atoms with Gasteiger partial charge in [-0.25, -0.2) is 0 Å². The van der Waals surface area contributed by atoms with E-state index in [1.165, 1.54) is 5.56 Å². The van der Waals surface area contributed by atoms with Crippen LogP contribution in [0.25, 0.3) is 0 Å². The maximum atomic E-state index is 13.6. The van der Waals surface area contributed by atoms with Gasteiger partial charge in [-0.15, -0.1) is 0 Å². The van der Waals surface area contributed by atoms with Crippen LogP contribution in [0.2, 0.25) is 10.0 Å². The van der Waals surface area contributed by atoms with Crippen LogP contribution in [0, 0.1) is 0 Å². The molecule has 2 atom stereocenters. The third kappa shape index (κ3) is 8.51. The van der Waals surface area contributed by atoms with E-state index in [1.807, 2.05) is 74.5 Å². The fourth-order valence-electron chi connectivity index (χ4n) is 3.88. The molecule has 0 aliphatic heterocycles. The average Bonchev–Trinajstić information content (AvgIpc) is 2.91. The smallest absolute Gasteiger partial charge is 0.261 e. The lowest BCUT2D eigenvalue weighted by atomic mass is 10.0. The van der Waals surface area contributed by atoms with Gasteiger partial charge in [-0.2, -0.15) is 0 Å². The number of amides is 2. The van der Waals surface area contributed by atoms with E-state index in [2.05, 4.69) is 12.2 Å². The molecule has 5 nitrogen and oxygen atoms in total. The molecular weight excluding hydrogens is 507 g/mol. The summed E-state index contributed by atoms with van der Waals surface area (Å²) in [6.45, 7) is 6.02. The first-order valence-corrected chi connectivity index (χ1v) is 13.4. The standard InChI is InChI=1S/C30H34Cl2N2O3/c1-4-21(3)33-30(36)28(18-23-9-7-6-8-10-23)34(19-24-13-16-26(31)27(32)17-24)29(35)20-37-25-14-11-22(5-2)12-15-25/h6-17,21,28H,4-5,18-20H2,1-3H3,(H,33,36)/t21-,28+/m0/s1. The van der Waals surface area contributed by atoms with Crippen molar-refractivity contribution in [3.8, 4) is 5.75 Å². The summed E-state index contributed by atoms with van der Waals surface area (Å²) in [7, 11) is 0. The Kier molecular flexibility index (Phi) is 10.8. The molecule has 3 aromatic rings. The van der Waals surface area contributed by atoms with Crippen molar-refractivity contribution in [1.82, 2.24) is 10.2 Å². The van der Waals surface area contributed by atoms with Gasteiger partial charge in [-0.3, -0.25) is 9.59 Å². The molecule has 7 heteroatoms. The third-order valence-electron chi connectivity index (χ3n) is 6.30. The minimum absolute atomic E-state index is 0.0268. The Morgan fingerprint density at radius 2 is 1.57 bits per heavy atom. The summed E-state index contributed by atoms with van der Waals surface area (Å²) in [6, 6.07) is 21.8. The van der Waals surface area contributed by atoms with Gasteiger partial charge in [0.1, 0.15) is 11.8 Å². The first-order chi connectivity index (χ1) is 17.8. The predicted molar refractivity (Wildman–Crippen MR) is 150 cm³/mol. The summed E-state index contributed by atoms with van der Waals surface area (Å²) >= 11 is 12.4. The van der Waals surface area contributed by atoms with E-state index in [4.69, 9.17) is 27.9 Å². The second kappa shape index (κ2) is 14.1. The molecule has 0 radical (unpaired) electrons. The van der Waals surface area contributed by atoms with E-state index < -0.39 is 6.04 Å². The summed E-state index contributed by atoms with van der Waals surface area (Å²) in [6.07, 6.45) is 2.06. The van der Waals surface area contributed by atoms with Gasteiger partial charge >= 0.3 is 0 Å². The fraction of sp³-hybridized carbons (Fsp3) is 0.333. The second-order valence-corrected chi connectivity index (χ2v) is 9.89. The van der Waals surface area contributed by atoms with Gasteiger partial charge in [0.15, 0.2) is 6.61 Å². The van der Waals surface area contributed by atoms with Crippen molar-refractivity contribution in [3.63, 3.8) is 0 Å². The molecule has 0 saturated carbocycles. The third-order valence-corrected chi connectivity index (χ3v) is 7.04. The molecule has 1 N–H and O–H groups in total. The SMILES string of the molecule is CCc1ccc(OCC(=O)N(Cc2ccc(Cl)c(Cl)c2)[C@H](Cc2ccccc2)C(=O)N[C@@H](C)CC)cc1. The van der Waals surface area contributed by atoms with Crippen molar-refractivity contribution in [2.75, 3.05) is 6.61 Å². The molecule has 0 heterocycles. The van der Waals surface area contributed by atoms with E-state index in [1.54, 1.807) is 17.0 Å². The molecule has 0 aromatic heterocycles. The molecule has 0 aliphatic rings. The van der Waals surface area contributed by atoms with Gasteiger partial charge in [0.25, 0.3) is 5.91 Å². The lowest BCUT2D eigenvalue weighted by molar-refractivity contribution is -0.143. The van der Waals surface area contributed by atoms with Crippen LogP contribution in [-0.2, 0) is 29.0 Å². The first-order valence-electron chi connectivity index (χ1n) is 12.6. The van der Waals surface area contributed by atoms with Gasteiger partial charge in [0.05, 0.1) is 10.0 Å². The number of nitrogens with zero attached hydrogens (tertiary/aromatic N) is 1. The van der Waals surface area contributed by atoms with Crippen LogP contribution in [0.3, 0.4) is 0 Å². The molecule has 2 amide bonds. The Balaban J connectivity index is 1.91. The molecule has 37 heavy (non-hydrogen) atoms. The summed E-state index contributed by atoms with van der Waals surface area (Å²) < 4.78 is 5.84. The lowest BCUT2D eigenvalue weighted by Gasteiger charge is -2.32. The van der Waals surface area contributed by atoms with Crippen molar-refractivity contribution in [2.24, 2.45) is 0 Å². The Labute approximate surface area is 229 Å². The van der Waals surface area contributed by atoms with E-state index in [0.29, 0.717) is 22.2 Å². The van der Waals surface area contributed by atoms with Gasteiger partial charge < -0.3 is 15.0 Å². The van der Waals surface area contributed by atoms with Gasteiger partial charge in [-0.1, -0.05) is 85.6 Å². The number of benzene rings is 3. The van der Waals surface area contributed by atoms with Crippen LogP contribution < -0.4 is 10.1 Å². The van der Waals surface area contributed by atoms with Gasteiger partial charge in [0, 0.05) is 19.0 Å². The van der Waals surface area contributed by atoms with Crippen molar-refractivity contribution in [2.45, 2.75) is 58.7 Å². The molecule has 0 unspecified atom stereocenters. The van der Waals surface area contributed by atoms with Crippen LogP contribution in [0.5, 0.6) is 5.75 Å². The number of nitrogens with one attached hydrogen (secondary N) is 1. The molecule has 196 valence electrons. The minimum atomic E-state index is -0.746. The molecule has 3 aromatic carbocycles. The van der Waals surface area contributed by atoms with Crippen LogP contribution in [-0.4, -0.2) is 35.4 Å². The second-order valence-electron chi connectivity index (χ2n) is 9.08. The maximum absolute atomic E-state index is 13.6. The van der Waals surface area contributed by atoms with Crippen molar-refractivity contribution >= 4 is 35.0 Å². The van der Waals surface area contributed by atoms with Crippen LogP contribution in [0.4, 0.5) is 0 Å². The number of halogens is 2. The van der Waals surface area contributed by atoms with Crippen molar-refractivity contribution in [3.05, 3.63) is 99.5 Å². The van der Waals surface area contributed by atoms with E-state index in [-0.39, 0.29) is 31.0 Å². The highest BCUT2D eigenvalue weighted by molar-refractivity contribution is 6.42. The summed E-state index contributed by atoms with van der Waals surface area (Å²) in [5, 5.41) is 3.88. The zero-order valence-electron chi connectivity index (χ0n) is 21.5. The monoisotopic (exact) mass is 540 g/mol. The predicted octanol–water partition coefficient (Wildman–Crippen LogP) is 6.49. The maximum Gasteiger partial charge on any atom is 0.261 e. The Bertz CT molecular complexity index is 1170. The number of rotatable bonds is 12. The zero-order valence-corrected chi connectivity index (χ0v) is 23.1. The molecular formula is C30H34Cl2N2O3. The number of carbonyl (C=O) groups is 2. The fourth-order valence-corrected chi connectivity index (χ4v) is 4.20. The highest BCUT2D eigenvalue weighted by Crippen LogP contribution is 2.24. The Hall–Kier alpha value is -3.02. The molecule has 0 saturated heterocycles. The average molecular weight is 542 g/mol. The highest BCUT2D eigenvalue weighted by atomic mass is 35.5. The normalized spacial score (nSPS) is 12.5. The number of hydrogen-bond donors (Lipinski definition) is 1. The first kappa shape index (κ1) is 28.5. The molecule has 3 rings (SSSR count). The van der Waals surface area contributed by atoms with Crippen LogP contribution in [0.15, 0.2) is 72.8 Å². The number of carbonyl (C=O) groups excluding carboxylic acids is 2. The largest absolute Gasteiger partial charge is 0.484 e. The van der Waals surface area contributed by atoms with Gasteiger partial charge in [-0.05, 0) is 60.7 Å². The molecule has 0 aliphatic carbocycles. The van der Waals surface area contributed by atoms with Crippen molar-refractivity contribution in [1.29, 1.82) is 0 Å². The van der Waals surface area contributed by atoms with Crippen LogP contribution in [0.1, 0.15) is 43.9 Å². The highest BCUT2D eigenvalue weighted by Gasteiger charge is 2.31. The minimum Gasteiger partial charge on any atom is -0.484 e. The summed E-state index contributed by atoms with van der Waals surface area (Å²) in [5.41, 5.74) is 2.91. The van der Waals surface area contributed by atoms with Crippen molar-refractivity contribution < 1.29 is 14.3 Å².